The molecule has 132 valence electrons. The number of carbonyl (C=O) groups excluding carboxylic acids is 2. The first-order valence-electron chi connectivity index (χ1n) is 9.07. The Morgan fingerprint density at radius 1 is 1.08 bits per heavy atom. The van der Waals surface area contributed by atoms with E-state index < -0.39 is 0 Å². The molecule has 1 aliphatic carbocycles. The minimum absolute atomic E-state index is 0.00565. The van der Waals surface area contributed by atoms with Crippen LogP contribution in [-0.2, 0) is 4.79 Å². The Morgan fingerprint density at radius 2 is 1.84 bits per heavy atom. The van der Waals surface area contributed by atoms with Crippen LogP contribution < -0.4 is 0 Å². The first kappa shape index (κ1) is 16.1. The molecule has 6 nitrogen and oxygen atoms in total. The summed E-state index contributed by atoms with van der Waals surface area (Å²) in [5, 5.41) is 0. The van der Waals surface area contributed by atoms with Crippen molar-refractivity contribution in [3.8, 4) is 0 Å². The molecule has 1 aromatic heterocycles. The molecule has 1 aromatic carbocycles. The van der Waals surface area contributed by atoms with Crippen molar-refractivity contribution in [1.82, 2.24) is 14.8 Å². The second kappa shape index (κ2) is 6.50. The summed E-state index contributed by atoms with van der Waals surface area (Å²) in [4.78, 5) is 33.3. The highest BCUT2D eigenvalue weighted by Crippen LogP contribution is 2.28. The molecule has 1 aliphatic heterocycles. The van der Waals surface area contributed by atoms with Gasteiger partial charge in [-0.05, 0) is 37.5 Å². The van der Waals surface area contributed by atoms with Gasteiger partial charge in [-0.25, -0.2) is 4.98 Å². The van der Waals surface area contributed by atoms with E-state index in [1.54, 1.807) is 19.1 Å². The third-order valence-electron chi connectivity index (χ3n) is 5.29. The van der Waals surface area contributed by atoms with Gasteiger partial charge >= 0.3 is 0 Å². The maximum Gasteiger partial charge on any atom is 0.254 e. The van der Waals surface area contributed by atoms with Crippen molar-refractivity contribution in [3.63, 3.8) is 0 Å². The zero-order chi connectivity index (χ0) is 17.4. The number of aryl methyl sites for hydroxylation is 1. The van der Waals surface area contributed by atoms with Gasteiger partial charge in [0.2, 0.25) is 5.91 Å². The molecule has 1 saturated heterocycles. The molecule has 1 saturated carbocycles. The van der Waals surface area contributed by atoms with Crippen LogP contribution in [0.1, 0.15) is 41.9 Å². The lowest BCUT2D eigenvalue weighted by atomic mass is 9.84. The molecule has 2 aliphatic rings. The molecule has 0 spiro atoms. The third kappa shape index (κ3) is 3.13. The van der Waals surface area contributed by atoms with Crippen molar-refractivity contribution in [2.45, 2.75) is 32.6 Å². The van der Waals surface area contributed by atoms with Gasteiger partial charge in [0.15, 0.2) is 11.5 Å². The predicted molar refractivity (Wildman–Crippen MR) is 93.2 cm³/mol. The van der Waals surface area contributed by atoms with Crippen molar-refractivity contribution in [1.29, 1.82) is 0 Å². The molecule has 4 rings (SSSR count). The highest BCUT2D eigenvalue weighted by molar-refractivity contribution is 5.97. The number of fused-ring (bicyclic) bond motifs is 1. The number of carbonyl (C=O) groups is 2. The second-order valence-electron chi connectivity index (χ2n) is 7.01. The molecular weight excluding hydrogens is 318 g/mol. The highest BCUT2D eigenvalue weighted by Gasteiger charge is 2.31. The average Bonchev–Trinajstić information content (AvgIpc) is 2.76. The highest BCUT2D eigenvalue weighted by atomic mass is 16.3. The maximum absolute atomic E-state index is 12.8. The normalized spacial score (nSPS) is 18.9. The molecule has 2 heterocycles. The summed E-state index contributed by atoms with van der Waals surface area (Å²) < 4.78 is 5.53. The van der Waals surface area contributed by atoms with E-state index in [4.69, 9.17) is 4.42 Å². The number of hydrogen-bond acceptors (Lipinski definition) is 4. The van der Waals surface area contributed by atoms with E-state index in [0.29, 0.717) is 36.7 Å². The van der Waals surface area contributed by atoms with Gasteiger partial charge in [-0.3, -0.25) is 9.59 Å². The van der Waals surface area contributed by atoms with Crippen LogP contribution in [0.5, 0.6) is 0 Å². The lowest BCUT2D eigenvalue weighted by Crippen LogP contribution is -2.41. The predicted octanol–water partition coefficient (Wildman–Crippen LogP) is 2.61. The fraction of sp³-hybridized carbons (Fsp3) is 0.526. The topological polar surface area (TPSA) is 66.7 Å². The minimum Gasteiger partial charge on any atom is -0.441 e. The minimum atomic E-state index is -0.00565. The van der Waals surface area contributed by atoms with Crippen molar-refractivity contribution >= 4 is 22.9 Å². The van der Waals surface area contributed by atoms with E-state index in [2.05, 4.69) is 4.98 Å². The fourth-order valence-electron chi connectivity index (χ4n) is 3.61. The maximum atomic E-state index is 12.8. The number of benzene rings is 1. The van der Waals surface area contributed by atoms with Crippen LogP contribution in [0.2, 0.25) is 0 Å². The van der Waals surface area contributed by atoms with E-state index in [1.807, 2.05) is 15.9 Å². The second-order valence-corrected chi connectivity index (χ2v) is 7.01. The summed E-state index contributed by atoms with van der Waals surface area (Å²) in [6.07, 6.45) is 4.04. The molecule has 2 fully saturated rings. The van der Waals surface area contributed by atoms with E-state index in [-0.39, 0.29) is 17.7 Å². The smallest absolute Gasteiger partial charge is 0.254 e. The van der Waals surface area contributed by atoms with Gasteiger partial charge < -0.3 is 14.2 Å². The molecule has 6 heteroatoms. The van der Waals surface area contributed by atoms with Gasteiger partial charge in [-0.1, -0.05) is 6.42 Å². The van der Waals surface area contributed by atoms with E-state index in [0.717, 1.165) is 31.3 Å². The SMILES string of the molecule is Cc1nc2ccc(C(=O)N3CCCN(C(=O)C4CCC4)CC3)cc2o1. The summed E-state index contributed by atoms with van der Waals surface area (Å²) in [5.74, 6) is 1.09. The molecule has 2 aromatic rings. The molecule has 0 radical (unpaired) electrons. The van der Waals surface area contributed by atoms with Gasteiger partial charge in [-0.15, -0.1) is 0 Å². The molecule has 0 unspecified atom stereocenters. The van der Waals surface area contributed by atoms with Gasteiger partial charge in [0.05, 0.1) is 0 Å². The number of rotatable bonds is 2. The number of amides is 2. The lowest BCUT2D eigenvalue weighted by Gasteiger charge is -2.31. The number of nitrogens with zero attached hydrogens (tertiary/aromatic N) is 3. The van der Waals surface area contributed by atoms with E-state index >= 15 is 0 Å². The zero-order valence-corrected chi connectivity index (χ0v) is 14.5. The fourth-order valence-corrected chi connectivity index (χ4v) is 3.61. The van der Waals surface area contributed by atoms with Crippen LogP contribution in [-0.4, -0.2) is 52.8 Å². The van der Waals surface area contributed by atoms with Gasteiger partial charge in [-0.2, -0.15) is 0 Å². The largest absolute Gasteiger partial charge is 0.441 e. The first-order chi connectivity index (χ1) is 12.1. The van der Waals surface area contributed by atoms with Crippen molar-refractivity contribution in [2.75, 3.05) is 26.2 Å². The average molecular weight is 341 g/mol. The Morgan fingerprint density at radius 3 is 2.60 bits per heavy atom. The summed E-state index contributed by atoms with van der Waals surface area (Å²) in [6, 6.07) is 5.39. The van der Waals surface area contributed by atoms with Crippen molar-refractivity contribution in [3.05, 3.63) is 29.7 Å². The quantitative estimate of drug-likeness (QED) is 0.842. The Hall–Kier alpha value is -2.37. The Kier molecular flexibility index (Phi) is 4.19. The standard InChI is InChI=1S/C19H23N3O3/c1-13-20-16-7-6-15(12-17(16)25-13)19(24)22-9-3-8-21(10-11-22)18(23)14-4-2-5-14/h6-7,12,14H,2-5,8-11H2,1H3. The van der Waals surface area contributed by atoms with E-state index in [9.17, 15) is 9.59 Å². The lowest BCUT2D eigenvalue weighted by molar-refractivity contribution is -0.138. The van der Waals surface area contributed by atoms with E-state index in [1.165, 1.54) is 6.42 Å². The molecule has 2 amide bonds. The van der Waals surface area contributed by atoms with Crippen LogP contribution in [0.3, 0.4) is 0 Å². The van der Waals surface area contributed by atoms with Crippen molar-refractivity contribution in [2.24, 2.45) is 5.92 Å². The van der Waals surface area contributed by atoms with Crippen LogP contribution in [0.25, 0.3) is 11.1 Å². The summed E-state index contributed by atoms with van der Waals surface area (Å²) in [7, 11) is 0. The Balaban J connectivity index is 1.45. The molecule has 25 heavy (non-hydrogen) atoms. The monoisotopic (exact) mass is 341 g/mol. The Bertz CT molecular complexity index is 809. The van der Waals surface area contributed by atoms with Gasteiger partial charge in [0.25, 0.3) is 5.91 Å². The van der Waals surface area contributed by atoms with Crippen molar-refractivity contribution < 1.29 is 14.0 Å². The van der Waals surface area contributed by atoms with Gasteiger partial charge in [0, 0.05) is 44.6 Å². The summed E-state index contributed by atoms with van der Waals surface area (Å²) in [6.45, 7) is 4.44. The third-order valence-corrected chi connectivity index (χ3v) is 5.29. The molecule has 0 N–H and O–H groups in total. The number of hydrogen-bond donors (Lipinski definition) is 0. The first-order valence-corrected chi connectivity index (χ1v) is 9.07. The van der Waals surface area contributed by atoms with Crippen LogP contribution in [0.4, 0.5) is 0 Å². The Labute approximate surface area is 146 Å². The number of aromatic nitrogens is 1. The summed E-state index contributed by atoms with van der Waals surface area (Å²) >= 11 is 0. The summed E-state index contributed by atoms with van der Waals surface area (Å²) in [5.41, 5.74) is 2.02. The molecular formula is C19H23N3O3. The van der Waals surface area contributed by atoms with Crippen LogP contribution >= 0.6 is 0 Å². The van der Waals surface area contributed by atoms with Gasteiger partial charge in [0.1, 0.15) is 5.52 Å². The number of oxazole rings is 1. The van der Waals surface area contributed by atoms with Crippen LogP contribution in [0.15, 0.2) is 22.6 Å². The molecule has 0 bridgehead atoms. The van der Waals surface area contributed by atoms with Crippen LogP contribution in [0, 0.1) is 12.8 Å². The molecule has 0 atom stereocenters. The zero-order valence-electron chi connectivity index (χ0n) is 14.5.